The number of rotatable bonds is 4. The van der Waals surface area contributed by atoms with E-state index in [4.69, 9.17) is 0 Å². The van der Waals surface area contributed by atoms with E-state index >= 15 is 0 Å². The SMILES string of the molecule is CNC(=O)c1cccc(C(=O)N(C)CC2(O)CCCC2)c1. The number of hydrogen-bond donors (Lipinski definition) is 2. The Bertz CT molecular complexity index is 536. The second kappa shape index (κ2) is 6.26. The fourth-order valence-corrected chi connectivity index (χ4v) is 2.86. The van der Waals surface area contributed by atoms with E-state index in [-0.39, 0.29) is 11.8 Å². The molecular formula is C16H22N2O3. The summed E-state index contributed by atoms with van der Waals surface area (Å²) in [6, 6.07) is 6.62. The number of aliphatic hydroxyl groups is 1. The first-order valence-electron chi connectivity index (χ1n) is 7.25. The van der Waals surface area contributed by atoms with Gasteiger partial charge >= 0.3 is 0 Å². The summed E-state index contributed by atoms with van der Waals surface area (Å²) in [5.74, 6) is -0.400. The highest BCUT2D eigenvalue weighted by Gasteiger charge is 2.33. The highest BCUT2D eigenvalue weighted by molar-refractivity contribution is 5.99. The maximum absolute atomic E-state index is 12.4. The molecule has 0 aliphatic heterocycles. The molecule has 114 valence electrons. The van der Waals surface area contributed by atoms with E-state index in [1.807, 2.05) is 0 Å². The molecule has 0 aromatic heterocycles. The van der Waals surface area contributed by atoms with Gasteiger partial charge in [0.25, 0.3) is 11.8 Å². The number of likely N-dealkylation sites (N-methyl/N-ethyl adjacent to an activating group) is 1. The number of nitrogens with one attached hydrogen (secondary N) is 1. The third-order valence-electron chi connectivity index (χ3n) is 4.01. The lowest BCUT2D eigenvalue weighted by Gasteiger charge is -2.28. The van der Waals surface area contributed by atoms with Gasteiger partial charge in [0, 0.05) is 31.8 Å². The van der Waals surface area contributed by atoms with Gasteiger partial charge in [0.05, 0.1) is 5.60 Å². The smallest absolute Gasteiger partial charge is 0.253 e. The van der Waals surface area contributed by atoms with Crippen LogP contribution in [0.25, 0.3) is 0 Å². The minimum absolute atomic E-state index is 0.180. The van der Waals surface area contributed by atoms with Gasteiger partial charge in [-0.2, -0.15) is 0 Å². The van der Waals surface area contributed by atoms with Gasteiger partial charge in [-0.05, 0) is 31.0 Å². The topological polar surface area (TPSA) is 69.6 Å². The van der Waals surface area contributed by atoms with E-state index in [0.29, 0.717) is 17.7 Å². The van der Waals surface area contributed by atoms with Crippen molar-refractivity contribution in [3.63, 3.8) is 0 Å². The molecule has 1 aromatic rings. The van der Waals surface area contributed by atoms with Crippen molar-refractivity contribution < 1.29 is 14.7 Å². The van der Waals surface area contributed by atoms with Gasteiger partial charge < -0.3 is 15.3 Å². The number of carbonyl (C=O) groups excluding carboxylic acids is 2. The van der Waals surface area contributed by atoms with E-state index < -0.39 is 5.60 Å². The van der Waals surface area contributed by atoms with Crippen molar-refractivity contribution in [1.29, 1.82) is 0 Å². The molecule has 0 heterocycles. The number of amides is 2. The Morgan fingerprint density at radius 2 is 1.90 bits per heavy atom. The van der Waals surface area contributed by atoms with Crippen LogP contribution in [0.3, 0.4) is 0 Å². The lowest BCUT2D eigenvalue weighted by Crippen LogP contribution is -2.42. The molecule has 0 saturated heterocycles. The lowest BCUT2D eigenvalue weighted by molar-refractivity contribution is 0.0157. The molecule has 21 heavy (non-hydrogen) atoms. The van der Waals surface area contributed by atoms with Crippen LogP contribution in [0.2, 0.25) is 0 Å². The van der Waals surface area contributed by atoms with Gasteiger partial charge in [-0.15, -0.1) is 0 Å². The molecule has 1 aromatic carbocycles. The molecule has 1 aliphatic carbocycles. The van der Waals surface area contributed by atoms with E-state index in [1.54, 1.807) is 38.4 Å². The van der Waals surface area contributed by atoms with Crippen LogP contribution in [0.1, 0.15) is 46.4 Å². The zero-order chi connectivity index (χ0) is 15.5. The zero-order valence-corrected chi connectivity index (χ0v) is 12.6. The van der Waals surface area contributed by atoms with Crippen molar-refractivity contribution in [2.45, 2.75) is 31.3 Å². The Labute approximate surface area is 125 Å². The van der Waals surface area contributed by atoms with Crippen molar-refractivity contribution in [2.75, 3.05) is 20.6 Å². The van der Waals surface area contributed by atoms with E-state index in [1.165, 1.54) is 4.90 Å². The van der Waals surface area contributed by atoms with Crippen molar-refractivity contribution in [3.05, 3.63) is 35.4 Å². The minimum atomic E-state index is -0.761. The number of carbonyl (C=O) groups is 2. The Balaban J connectivity index is 2.10. The second-order valence-electron chi connectivity index (χ2n) is 5.75. The largest absolute Gasteiger partial charge is 0.388 e. The molecule has 1 saturated carbocycles. The van der Waals surface area contributed by atoms with Crippen LogP contribution in [0.4, 0.5) is 0 Å². The van der Waals surface area contributed by atoms with Crippen molar-refractivity contribution in [1.82, 2.24) is 10.2 Å². The van der Waals surface area contributed by atoms with Crippen LogP contribution >= 0.6 is 0 Å². The fourth-order valence-electron chi connectivity index (χ4n) is 2.86. The number of benzene rings is 1. The molecule has 0 spiro atoms. The summed E-state index contributed by atoms with van der Waals surface area (Å²) in [6.07, 6.45) is 3.49. The normalized spacial score (nSPS) is 16.5. The van der Waals surface area contributed by atoms with Crippen molar-refractivity contribution in [3.8, 4) is 0 Å². The molecule has 2 rings (SSSR count). The second-order valence-corrected chi connectivity index (χ2v) is 5.75. The van der Waals surface area contributed by atoms with Gasteiger partial charge in [0.1, 0.15) is 0 Å². The quantitative estimate of drug-likeness (QED) is 0.881. The maximum atomic E-state index is 12.4. The third-order valence-corrected chi connectivity index (χ3v) is 4.01. The van der Waals surface area contributed by atoms with Crippen LogP contribution in [-0.4, -0.2) is 48.1 Å². The summed E-state index contributed by atoms with van der Waals surface area (Å²) >= 11 is 0. The monoisotopic (exact) mass is 290 g/mol. The van der Waals surface area contributed by atoms with Crippen LogP contribution in [0, 0.1) is 0 Å². The number of hydrogen-bond acceptors (Lipinski definition) is 3. The summed E-state index contributed by atoms with van der Waals surface area (Å²) in [4.78, 5) is 25.6. The average Bonchev–Trinajstić information content (AvgIpc) is 2.91. The fraction of sp³-hybridized carbons (Fsp3) is 0.500. The molecule has 1 fully saturated rings. The van der Waals surface area contributed by atoms with Crippen LogP contribution < -0.4 is 5.32 Å². The van der Waals surface area contributed by atoms with Gasteiger partial charge in [-0.1, -0.05) is 18.9 Å². The van der Waals surface area contributed by atoms with Crippen LogP contribution in [0.15, 0.2) is 24.3 Å². The molecule has 2 N–H and O–H groups in total. The standard InChI is InChI=1S/C16H22N2O3/c1-17-14(19)12-6-5-7-13(10-12)15(20)18(2)11-16(21)8-3-4-9-16/h5-7,10,21H,3-4,8-9,11H2,1-2H3,(H,17,19). The van der Waals surface area contributed by atoms with E-state index in [2.05, 4.69) is 5.32 Å². The summed E-state index contributed by atoms with van der Waals surface area (Å²) in [7, 11) is 3.24. The van der Waals surface area contributed by atoms with E-state index in [0.717, 1.165) is 25.7 Å². The third kappa shape index (κ3) is 3.61. The average molecular weight is 290 g/mol. The summed E-state index contributed by atoms with van der Waals surface area (Å²) in [5.41, 5.74) is 0.152. The molecule has 1 aliphatic rings. The Morgan fingerprint density at radius 3 is 2.52 bits per heavy atom. The Morgan fingerprint density at radius 1 is 1.29 bits per heavy atom. The molecule has 0 atom stereocenters. The number of nitrogens with zero attached hydrogens (tertiary/aromatic N) is 1. The molecule has 0 bridgehead atoms. The highest BCUT2D eigenvalue weighted by Crippen LogP contribution is 2.30. The molecule has 5 nitrogen and oxygen atoms in total. The first kappa shape index (κ1) is 15.5. The minimum Gasteiger partial charge on any atom is -0.388 e. The van der Waals surface area contributed by atoms with Crippen LogP contribution in [-0.2, 0) is 0 Å². The maximum Gasteiger partial charge on any atom is 0.253 e. The summed E-state index contributed by atoms with van der Waals surface area (Å²) in [6.45, 7) is 0.329. The summed E-state index contributed by atoms with van der Waals surface area (Å²) in [5, 5.41) is 12.9. The molecule has 0 unspecified atom stereocenters. The first-order chi connectivity index (χ1) is 9.95. The van der Waals surface area contributed by atoms with Gasteiger partial charge in [-0.3, -0.25) is 9.59 Å². The molecule has 2 amide bonds. The molecule has 5 heteroatoms. The molecular weight excluding hydrogens is 268 g/mol. The van der Waals surface area contributed by atoms with Gasteiger partial charge in [-0.25, -0.2) is 0 Å². The summed E-state index contributed by atoms with van der Waals surface area (Å²) < 4.78 is 0. The van der Waals surface area contributed by atoms with Crippen molar-refractivity contribution >= 4 is 11.8 Å². The zero-order valence-electron chi connectivity index (χ0n) is 12.6. The lowest BCUT2D eigenvalue weighted by atomic mass is 10.0. The van der Waals surface area contributed by atoms with Gasteiger partial charge in [0.2, 0.25) is 0 Å². The van der Waals surface area contributed by atoms with Crippen LogP contribution in [0.5, 0.6) is 0 Å². The van der Waals surface area contributed by atoms with E-state index in [9.17, 15) is 14.7 Å². The highest BCUT2D eigenvalue weighted by atomic mass is 16.3. The van der Waals surface area contributed by atoms with Crippen molar-refractivity contribution in [2.24, 2.45) is 0 Å². The Kier molecular flexibility index (Phi) is 4.63. The Hall–Kier alpha value is -1.88. The van der Waals surface area contributed by atoms with Gasteiger partial charge in [0.15, 0.2) is 0 Å². The predicted octanol–water partition coefficient (Wildman–Crippen LogP) is 1.42. The molecule has 0 radical (unpaired) electrons. The first-order valence-corrected chi connectivity index (χ1v) is 7.25. The predicted molar refractivity (Wildman–Crippen MR) is 80.2 cm³/mol.